The van der Waals surface area contributed by atoms with Gasteiger partial charge in [-0.15, -0.1) is 0 Å². The number of nitrogens with two attached hydrogens (primary N) is 1. The first-order chi connectivity index (χ1) is 13.5. The van der Waals surface area contributed by atoms with Crippen LogP contribution in [0.15, 0.2) is 42.5 Å². The summed E-state index contributed by atoms with van der Waals surface area (Å²) in [5, 5.41) is 2.86. The molecular weight excluding hydrogens is 356 g/mol. The molecule has 0 spiro atoms. The van der Waals surface area contributed by atoms with Crippen molar-refractivity contribution in [1.29, 1.82) is 0 Å². The second-order valence-electron chi connectivity index (χ2n) is 6.98. The molecule has 1 fully saturated rings. The molecule has 0 bridgehead atoms. The molecule has 0 aromatic heterocycles. The molecule has 0 radical (unpaired) electrons. The molecule has 2 amide bonds. The largest absolute Gasteiger partial charge is 0.495 e. The summed E-state index contributed by atoms with van der Waals surface area (Å²) in [6, 6.07) is 12.3. The van der Waals surface area contributed by atoms with Crippen LogP contribution >= 0.6 is 0 Å². The van der Waals surface area contributed by atoms with E-state index in [9.17, 15) is 9.59 Å². The number of ether oxygens (including phenoxy) is 1. The number of hydrogen-bond donors (Lipinski definition) is 2. The molecule has 7 nitrogen and oxygen atoms in total. The van der Waals surface area contributed by atoms with E-state index in [4.69, 9.17) is 10.5 Å². The maximum absolute atomic E-state index is 12.8. The lowest BCUT2D eigenvalue weighted by Crippen LogP contribution is -2.47. The summed E-state index contributed by atoms with van der Waals surface area (Å²) in [6.07, 6.45) is 0.208. The minimum Gasteiger partial charge on any atom is -0.495 e. The number of nitrogens with zero attached hydrogens (tertiary/aromatic N) is 2. The monoisotopic (exact) mass is 382 g/mol. The summed E-state index contributed by atoms with van der Waals surface area (Å²) in [5.74, 6) is 0.289. The normalized spacial score (nSPS) is 14.6. The Labute approximate surface area is 165 Å². The van der Waals surface area contributed by atoms with E-state index in [1.54, 1.807) is 30.3 Å². The van der Waals surface area contributed by atoms with E-state index >= 15 is 0 Å². The topological polar surface area (TPSA) is 87.9 Å². The molecule has 148 valence electrons. The van der Waals surface area contributed by atoms with Crippen LogP contribution in [-0.2, 0) is 11.2 Å². The maximum Gasteiger partial charge on any atom is 0.254 e. The van der Waals surface area contributed by atoms with E-state index in [0.29, 0.717) is 35.8 Å². The standard InChI is InChI=1S/C21H26N4O3/c1-24-9-11-25(12-10-24)21(27)16-5-8-19(28-2)18(14-16)23-20(26)13-15-3-6-17(22)7-4-15/h3-8,14H,9-13,22H2,1-2H3,(H,23,26). The lowest BCUT2D eigenvalue weighted by Gasteiger charge is -2.32. The van der Waals surface area contributed by atoms with Crippen molar-refractivity contribution in [2.45, 2.75) is 6.42 Å². The molecule has 0 unspecified atom stereocenters. The minimum absolute atomic E-state index is 0.0372. The van der Waals surface area contributed by atoms with Gasteiger partial charge in [-0.2, -0.15) is 0 Å². The van der Waals surface area contributed by atoms with Crippen molar-refractivity contribution < 1.29 is 14.3 Å². The molecule has 0 atom stereocenters. The molecule has 28 heavy (non-hydrogen) atoms. The number of piperazine rings is 1. The summed E-state index contributed by atoms with van der Waals surface area (Å²) in [5.41, 5.74) is 8.21. The molecule has 3 N–H and O–H groups in total. The van der Waals surface area contributed by atoms with Crippen molar-refractivity contribution in [2.24, 2.45) is 0 Å². The van der Waals surface area contributed by atoms with Crippen LogP contribution in [0.5, 0.6) is 5.75 Å². The van der Waals surface area contributed by atoms with Crippen LogP contribution in [0.25, 0.3) is 0 Å². The Morgan fingerprint density at radius 2 is 1.75 bits per heavy atom. The van der Waals surface area contributed by atoms with E-state index < -0.39 is 0 Å². The Bertz CT molecular complexity index is 843. The second-order valence-corrected chi connectivity index (χ2v) is 6.98. The highest BCUT2D eigenvalue weighted by atomic mass is 16.5. The summed E-state index contributed by atoms with van der Waals surface area (Å²) < 4.78 is 5.34. The lowest BCUT2D eigenvalue weighted by atomic mass is 10.1. The van der Waals surface area contributed by atoms with Crippen LogP contribution in [-0.4, -0.2) is 62.0 Å². The van der Waals surface area contributed by atoms with Crippen LogP contribution in [0, 0.1) is 0 Å². The number of carbonyl (C=O) groups excluding carboxylic acids is 2. The van der Waals surface area contributed by atoms with Gasteiger partial charge in [-0.25, -0.2) is 0 Å². The number of methoxy groups -OCH3 is 1. The van der Waals surface area contributed by atoms with Crippen molar-refractivity contribution >= 4 is 23.2 Å². The second kappa shape index (κ2) is 8.75. The van der Waals surface area contributed by atoms with Gasteiger partial charge in [0, 0.05) is 37.4 Å². The predicted molar refractivity (Wildman–Crippen MR) is 110 cm³/mol. The fourth-order valence-electron chi connectivity index (χ4n) is 3.15. The minimum atomic E-state index is -0.188. The van der Waals surface area contributed by atoms with Crippen LogP contribution in [0.4, 0.5) is 11.4 Å². The molecule has 1 aliphatic rings. The molecule has 2 aromatic rings. The van der Waals surface area contributed by atoms with Crippen molar-refractivity contribution in [3.8, 4) is 5.75 Å². The molecular formula is C21H26N4O3. The SMILES string of the molecule is COc1ccc(C(=O)N2CCN(C)CC2)cc1NC(=O)Cc1ccc(N)cc1. The molecule has 0 saturated carbocycles. The molecule has 7 heteroatoms. The van der Waals surface area contributed by atoms with Crippen LogP contribution < -0.4 is 15.8 Å². The number of nitrogen functional groups attached to an aromatic ring is 1. The number of likely N-dealkylation sites (N-methyl/N-ethyl adjacent to an activating group) is 1. The summed E-state index contributed by atoms with van der Waals surface area (Å²) in [4.78, 5) is 29.3. The van der Waals surface area contributed by atoms with Crippen molar-refractivity contribution in [3.63, 3.8) is 0 Å². The first-order valence-electron chi connectivity index (χ1n) is 9.26. The number of anilines is 2. The Morgan fingerprint density at radius 1 is 1.07 bits per heavy atom. The van der Waals surface area contributed by atoms with Gasteiger partial charge in [0.2, 0.25) is 5.91 Å². The van der Waals surface area contributed by atoms with Gasteiger partial charge in [0.05, 0.1) is 19.2 Å². The third-order valence-corrected chi connectivity index (χ3v) is 4.86. The number of benzene rings is 2. The third-order valence-electron chi connectivity index (χ3n) is 4.86. The summed E-state index contributed by atoms with van der Waals surface area (Å²) in [7, 11) is 3.58. The molecule has 1 heterocycles. The van der Waals surface area contributed by atoms with E-state index in [1.807, 2.05) is 24.1 Å². The lowest BCUT2D eigenvalue weighted by molar-refractivity contribution is -0.115. The molecule has 2 aromatic carbocycles. The van der Waals surface area contributed by atoms with Crippen molar-refractivity contribution in [1.82, 2.24) is 9.80 Å². The van der Waals surface area contributed by atoms with Crippen molar-refractivity contribution in [3.05, 3.63) is 53.6 Å². The number of hydrogen-bond acceptors (Lipinski definition) is 5. The van der Waals surface area contributed by atoms with Gasteiger partial charge in [0.25, 0.3) is 5.91 Å². The highest BCUT2D eigenvalue weighted by Crippen LogP contribution is 2.26. The van der Waals surface area contributed by atoms with Gasteiger partial charge in [-0.1, -0.05) is 12.1 Å². The molecule has 1 saturated heterocycles. The van der Waals surface area contributed by atoms with Gasteiger partial charge in [-0.05, 0) is 42.9 Å². The summed E-state index contributed by atoms with van der Waals surface area (Å²) >= 11 is 0. The van der Waals surface area contributed by atoms with Crippen molar-refractivity contribution in [2.75, 3.05) is 51.4 Å². The number of nitrogens with one attached hydrogen (secondary N) is 1. The molecule has 3 rings (SSSR count). The predicted octanol–water partition coefficient (Wildman–Crippen LogP) is 1.85. The van der Waals surface area contributed by atoms with E-state index in [2.05, 4.69) is 10.2 Å². The highest BCUT2D eigenvalue weighted by molar-refractivity contribution is 5.99. The Kier molecular flexibility index (Phi) is 6.16. The van der Waals surface area contributed by atoms with E-state index in [0.717, 1.165) is 18.7 Å². The zero-order valence-corrected chi connectivity index (χ0v) is 16.3. The van der Waals surface area contributed by atoms with Gasteiger partial charge in [-0.3, -0.25) is 9.59 Å². The Balaban J connectivity index is 1.72. The number of rotatable bonds is 5. The quantitative estimate of drug-likeness (QED) is 0.771. The highest BCUT2D eigenvalue weighted by Gasteiger charge is 2.21. The first-order valence-corrected chi connectivity index (χ1v) is 9.26. The van der Waals surface area contributed by atoms with Crippen LogP contribution in [0.2, 0.25) is 0 Å². The average Bonchev–Trinajstić information content (AvgIpc) is 2.69. The Hall–Kier alpha value is -3.06. The zero-order chi connectivity index (χ0) is 20.1. The zero-order valence-electron chi connectivity index (χ0n) is 16.3. The summed E-state index contributed by atoms with van der Waals surface area (Å²) in [6.45, 7) is 3.10. The van der Waals surface area contributed by atoms with E-state index in [-0.39, 0.29) is 18.2 Å². The van der Waals surface area contributed by atoms with Gasteiger partial charge in [0.1, 0.15) is 5.75 Å². The fraction of sp³-hybridized carbons (Fsp3) is 0.333. The van der Waals surface area contributed by atoms with Crippen LogP contribution in [0.3, 0.4) is 0 Å². The first kappa shape index (κ1) is 19.7. The van der Waals surface area contributed by atoms with Crippen LogP contribution in [0.1, 0.15) is 15.9 Å². The smallest absolute Gasteiger partial charge is 0.254 e. The Morgan fingerprint density at radius 3 is 2.39 bits per heavy atom. The maximum atomic E-state index is 12.8. The average molecular weight is 382 g/mol. The number of amides is 2. The fourth-order valence-corrected chi connectivity index (χ4v) is 3.15. The third kappa shape index (κ3) is 4.80. The van der Waals surface area contributed by atoms with E-state index in [1.165, 1.54) is 7.11 Å². The molecule has 1 aliphatic heterocycles. The van der Waals surface area contributed by atoms with Gasteiger partial charge >= 0.3 is 0 Å². The van der Waals surface area contributed by atoms with Gasteiger partial charge < -0.3 is 25.6 Å². The molecule has 0 aliphatic carbocycles. The van der Waals surface area contributed by atoms with Gasteiger partial charge in [0.15, 0.2) is 0 Å². The number of carbonyl (C=O) groups is 2.